The summed E-state index contributed by atoms with van der Waals surface area (Å²) >= 11 is 0. The molecule has 5 nitrogen and oxygen atoms in total. The molecule has 0 radical (unpaired) electrons. The van der Waals surface area contributed by atoms with Crippen molar-refractivity contribution in [1.29, 1.82) is 0 Å². The minimum absolute atomic E-state index is 0.769. The van der Waals surface area contributed by atoms with E-state index in [1.165, 1.54) is 5.56 Å². The van der Waals surface area contributed by atoms with E-state index < -0.39 is 0 Å². The van der Waals surface area contributed by atoms with Crippen LogP contribution in [0.25, 0.3) is 16.7 Å². The Morgan fingerprint density at radius 3 is 2.61 bits per heavy atom. The fourth-order valence-electron chi connectivity index (χ4n) is 2.89. The summed E-state index contributed by atoms with van der Waals surface area (Å²) in [6.07, 6.45) is 0. The van der Waals surface area contributed by atoms with E-state index in [1.807, 2.05) is 38.2 Å². The molecule has 0 amide bonds. The molecule has 2 aromatic carbocycles. The Kier molecular flexibility index (Phi) is 3.01. The second-order valence-electron chi connectivity index (χ2n) is 5.73. The summed E-state index contributed by atoms with van der Waals surface area (Å²) in [4.78, 5) is 6.88. The highest BCUT2D eigenvalue weighted by atomic mass is 15.3. The van der Waals surface area contributed by atoms with E-state index >= 15 is 0 Å². The summed E-state index contributed by atoms with van der Waals surface area (Å²) in [6, 6.07) is 16.4. The predicted octanol–water partition coefficient (Wildman–Crippen LogP) is 3.66. The molecule has 0 bridgehead atoms. The van der Waals surface area contributed by atoms with E-state index in [1.54, 1.807) is 0 Å². The molecule has 0 saturated carbocycles. The Labute approximate surface area is 134 Å². The molecule has 0 spiro atoms. The molecule has 0 atom stereocenters. The van der Waals surface area contributed by atoms with Crippen molar-refractivity contribution in [2.45, 2.75) is 13.8 Å². The lowest BCUT2D eigenvalue weighted by molar-refractivity contribution is 1.02. The standard InChI is InChI=1S/C18H17N5/c1-12-7-6-8-14(11-12)22(3)17-18-21-20-13(2)23(18)16-10-5-4-9-15(16)19-17/h4-11H,1-3H3. The Morgan fingerprint density at radius 2 is 1.78 bits per heavy atom. The number of para-hydroxylation sites is 2. The van der Waals surface area contributed by atoms with Crippen molar-refractivity contribution in [2.75, 3.05) is 11.9 Å². The molecular formula is C18H17N5. The predicted molar refractivity (Wildman–Crippen MR) is 92.3 cm³/mol. The molecule has 0 unspecified atom stereocenters. The minimum Gasteiger partial charge on any atom is -0.326 e. The average molecular weight is 303 g/mol. The number of aryl methyl sites for hydroxylation is 2. The lowest BCUT2D eigenvalue weighted by Gasteiger charge is -2.20. The Balaban J connectivity index is 2.02. The number of hydrogen-bond acceptors (Lipinski definition) is 4. The van der Waals surface area contributed by atoms with Gasteiger partial charge in [0.1, 0.15) is 5.82 Å². The number of anilines is 2. The second kappa shape index (κ2) is 5.05. The van der Waals surface area contributed by atoms with Crippen molar-refractivity contribution in [3.8, 4) is 0 Å². The zero-order valence-corrected chi connectivity index (χ0v) is 13.4. The van der Waals surface area contributed by atoms with Crippen LogP contribution in [0, 0.1) is 13.8 Å². The molecule has 0 aliphatic heterocycles. The maximum atomic E-state index is 4.83. The normalized spacial score (nSPS) is 11.3. The zero-order chi connectivity index (χ0) is 16.0. The van der Waals surface area contributed by atoms with E-state index in [4.69, 9.17) is 4.98 Å². The molecule has 5 heteroatoms. The first kappa shape index (κ1) is 13.7. The molecule has 4 rings (SSSR count). The third-order valence-electron chi connectivity index (χ3n) is 4.08. The highest BCUT2D eigenvalue weighted by molar-refractivity contribution is 5.85. The molecule has 0 aliphatic rings. The first-order valence-electron chi connectivity index (χ1n) is 7.56. The largest absolute Gasteiger partial charge is 0.326 e. The minimum atomic E-state index is 0.769. The van der Waals surface area contributed by atoms with Gasteiger partial charge in [0.2, 0.25) is 5.65 Å². The quantitative estimate of drug-likeness (QED) is 0.567. The van der Waals surface area contributed by atoms with E-state index in [0.717, 1.165) is 34.0 Å². The summed E-state index contributed by atoms with van der Waals surface area (Å²) in [5.74, 6) is 1.66. The maximum Gasteiger partial charge on any atom is 0.204 e. The van der Waals surface area contributed by atoms with Crippen molar-refractivity contribution in [3.63, 3.8) is 0 Å². The molecule has 0 N–H and O–H groups in total. The van der Waals surface area contributed by atoms with Crippen LogP contribution in [-0.2, 0) is 0 Å². The van der Waals surface area contributed by atoms with E-state index in [9.17, 15) is 0 Å². The summed E-state index contributed by atoms with van der Waals surface area (Å²) < 4.78 is 2.06. The summed E-state index contributed by atoms with van der Waals surface area (Å²) in [7, 11) is 2.01. The smallest absolute Gasteiger partial charge is 0.204 e. The Bertz CT molecular complexity index is 1020. The number of nitrogens with zero attached hydrogens (tertiary/aromatic N) is 5. The van der Waals surface area contributed by atoms with Gasteiger partial charge in [-0.25, -0.2) is 4.98 Å². The monoisotopic (exact) mass is 303 g/mol. The van der Waals surface area contributed by atoms with Crippen molar-refractivity contribution < 1.29 is 0 Å². The number of rotatable bonds is 2. The van der Waals surface area contributed by atoms with Gasteiger partial charge < -0.3 is 4.90 Å². The van der Waals surface area contributed by atoms with Gasteiger partial charge in [0.25, 0.3) is 0 Å². The van der Waals surface area contributed by atoms with Gasteiger partial charge in [-0.15, -0.1) is 10.2 Å². The molecule has 23 heavy (non-hydrogen) atoms. The molecule has 0 fully saturated rings. The molecule has 2 heterocycles. The van der Waals surface area contributed by atoms with Crippen LogP contribution in [0.2, 0.25) is 0 Å². The van der Waals surface area contributed by atoms with Crippen LogP contribution in [0.4, 0.5) is 11.5 Å². The lowest BCUT2D eigenvalue weighted by Crippen LogP contribution is -2.13. The van der Waals surface area contributed by atoms with E-state index in [0.29, 0.717) is 0 Å². The molecule has 2 aromatic heterocycles. The van der Waals surface area contributed by atoms with Gasteiger partial charge in [-0.3, -0.25) is 4.40 Å². The lowest BCUT2D eigenvalue weighted by atomic mass is 10.2. The molecule has 114 valence electrons. The van der Waals surface area contributed by atoms with Crippen LogP contribution in [0.3, 0.4) is 0 Å². The van der Waals surface area contributed by atoms with Gasteiger partial charge in [0.15, 0.2) is 5.82 Å². The first-order chi connectivity index (χ1) is 11.1. The van der Waals surface area contributed by atoms with Crippen molar-refractivity contribution in [3.05, 3.63) is 59.9 Å². The molecule has 0 saturated heterocycles. The van der Waals surface area contributed by atoms with Crippen molar-refractivity contribution >= 4 is 28.2 Å². The Hall–Kier alpha value is -2.95. The van der Waals surface area contributed by atoms with Crippen LogP contribution in [0.5, 0.6) is 0 Å². The number of hydrogen-bond donors (Lipinski definition) is 0. The summed E-state index contributed by atoms with van der Waals surface area (Å²) in [5.41, 5.74) is 5.01. The van der Waals surface area contributed by atoms with Crippen LogP contribution >= 0.6 is 0 Å². The van der Waals surface area contributed by atoms with Crippen LogP contribution in [-0.4, -0.2) is 26.6 Å². The molecule has 4 aromatic rings. The highest BCUT2D eigenvalue weighted by Crippen LogP contribution is 2.28. The van der Waals surface area contributed by atoms with Gasteiger partial charge in [0, 0.05) is 12.7 Å². The average Bonchev–Trinajstić information content (AvgIpc) is 2.96. The maximum absolute atomic E-state index is 4.83. The SMILES string of the molecule is Cc1cccc(N(C)c2nc3ccccc3n3c(C)nnc23)c1. The zero-order valence-electron chi connectivity index (χ0n) is 13.4. The van der Waals surface area contributed by atoms with Gasteiger partial charge >= 0.3 is 0 Å². The van der Waals surface area contributed by atoms with Gasteiger partial charge in [-0.05, 0) is 43.7 Å². The van der Waals surface area contributed by atoms with E-state index in [2.05, 4.69) is 50.7 Å². The fourth-order valence-corrected chi connectivity index (χ4v) is 2.89. The second-order valence-corrected chi connectivity index (χ2v) is 5.73. The number of benzene rings is 2. The third kappa shape index (κ3) is 2.12. The Morgan fingerprint density at radius 1 is 0.957 bits per heavy atom. The first-order valence-corrected chi connectivity index (χ1v) is 7.56. The molecular weight excluding hydrogens is 286 g/mol. The van der Waals surface area contributed by atoms with Crippen molar-refractivity contribution in [1.82, 2.24) is 19.6 Å². The fraction of sp³-hybridized carbons (Fsp3) is 0.167. The van der Waals surface area contributed by atoms with E-state index in [-0.39, 0.29) is 0 Å². The van der Waals surface area contributed by atoms with Crippen LogP contribution < -0.4 is 4.90 Å². The van der Waals surface area contributed by atoms with Crippen molar-refractivity contribution in [2.24, 2.45) is 0 Å². The van der Waals surface area contributed by atoms with Gasteiger partial charge in [0.05, 0.1) is 11.0 Å². The third-order valence-corrected chi connectivity index (χ3v) is 4.08. The number of aromatic nitrogens is 4. The topological polar surface area (TPSA) is 46.3 Å². The number of fused-ring (bicyclic) bond motifs is 3. The summed E-state index contributed by atoms with van der Waals surface area (Å²) in [6.45, 7) is 4.05. The highest BCUT2D eigenvalue weighted by Gasteiger charge is 2.16. The van der Waals surface area contributed by atoms with Crippen LogP contribution in [0.15, 0.2) is 48.5 Å². The van der Waals surface area contributed by atoms with Gasteiger partial charge in [-0.1, -0.05) is 24.3 Å². The molecule has 0 aliphatic carbocycles. The van der Waals surface area contributed by atoms with Crippen LogP contribution in [0.1, 0.15) is 11.4 Å². The van der Waals surface area contributed by atoms with Gasteiger partial charge in [-0.2, -0.15) is 0 Å². The summed E-state index contributed by atoms with van der Waals surface area (Å²) in [5, 5.41) is 8.59.